The van der Waals surface area contributed by atoms with Crippen LogP contribution in [0.4, 0.5) is 10.1 Å². The zero-order chi connectivity index (χ0) is 20.7. The van der Waals surface area contributed by atoms with Crippen molar-refractivity contribution in [1.29, 1.82) is 0 Å². The van der Waals surface area contributed by atoms with Crippen LogP contribution in [0.3, 0.4) is 0 Å². The highest BCUT2D eigenvalue weighted by atomic mass is 32.1. The molecule has 1 amide bonds. The topological polar surface area (TPSA) is 58.7 Å². The fourth-order valence-corrected chi connectivity index (χ4v) is 3.36. The molecule has 1 atom stereocenters. The lowest BCUT2D eigenvalue weighted by Crippen LogP contribution is -2.32. The van der Waals surface area contributed by atoms with Crippen molar-refractivity contribution in [3.8, 4) is 0 Å². The zero-order valence-electron chi connectivity index (χ0n) is 16.6. The number of hydrogen-bond acceptors (Lipinski definition) is 4. The Morgan fingerprint density at radius 2 is 1.86 bits per heavy atom. The molecule has 3 rings (SSSR count). The number of halogens is 1. The van der Waals surface area contributed by atoms with Crippen molar-refractivity contribution in [2.24, 2.45) is 11.0 Å². The predicted molar refractivity (Wildman–Crippen MR) is 117 cm³/mol. The fourth-order valence-electron chi connectivity index (χ4n) is 3.36. The summed E-state index contributed by atoms with van der Waals surface area (Å²) in [5.41, 5.74) is 8.96. The third-order valence-electron chi connectivity index (χ3n) is 4.95. The summed E-state index contributed by atoms with van der Waals surface area (Å²) >= 11 is 3.53. The first kappa shape index (κ1) is 22.0. The van der Waals surface area contributed by atoms with E-state index in [4.69, 9.17) is 5.73 Å². The molecule has 0 spiro atoms. The summed E-state index contributed by atoms with van der Waals surface area (Å²) in [4.78, 5) is 13.0. The van der Waals surface area contributed by atoms with Gasteiger partial charge in [0.15, 0.2) is 0 Å². The Morgan fingerprint density at radius 3 is 2.43 bits per heavy atom. The smallest absolute Gasteiger partial charge is 0.246 e. The number of nitrogen functional groups attached to an aromatic ring is 1. The van der Waals surface area contributed by atoms with Gasteiger partial charge in [0.05, 0.1) is 11.8 Å². The molecule has 2 aromatic carbocycles. The molecule has 0 saturated carbocycles. The van der Waals surface area contributed by atoms with E-state index in [-0.39, 0.29) is 23.7 Å². The van der Waals surface area contributed by atoms with Crippen LogP contribution in [0.5, 0.6) is 0 Å². The monoisotopic (exact) mass is 401 g/mol. The molecule has 1 aliphatic heterocycles. The van der Waals surface area contributed by atoms with Crippen LogP contribution in [0.2, 0.25) is 0 Å². The summed E-state index contributed by atoms with van der Waals surface area (Å²) in [5, 5.41) is 6.18. The molecule has 1 aliphatic rings. The summed E-state index contributed by atoms with van der Waals surface area (Å²) in [7, 11) is 0. The van der Waals surface area contributed by atoms with Crippen molar-refractivity contribution < 1.29 is 9.18 Å². The van der Waals surface area contributed by atoms with Crippen LogP contribution in [0.15, 0.2) is 53.6 Å². The number of rotatable bonds is 5. The van der Waals surface area contributed by atoms with E-state index in [1.807, 2.05) is 44.2 Å². The van der Waals surface area contributed by atoms with Crippen molar-refractivity contribution in [2.45, 2.75) is 39.2 Å². The van der Waals surface area contributed by atoms with Crippen molar-refractivity contribution in [2.75, 3.05) is 12.0 Å². The second-order valence-corrected chi connectivity index (χ2v) is 6.64. The minimum atomic E-state index is -0.307. The second kappa shape index (κ2) is 10.3. The SMILES string of the molecule is CCC(CC)C(=O)N1N=C(c2ccc(N)cc2)CC1c1cccc(F)c1.CS. The lowest BCUT2D eigenvalue weighted by molar-refractivity contribution is -0.137. The number of benzene rings is 2. The summed E-state index contributed by atoms with van der Waals surface area (Å²) in [6, 6.07) is 13.6. The first-order valence-corrected chi connectivity index (χ1v) is 10.4. The maximum atomic E-state index is 13.7. The number of thiol groups is 1. The summed E-state index contributed by atoms with van der Waals surface area (Å²) in [6.45, 7) is 4.01. The fraction of sp³-hybridized carbons (Fsp3) is 0.364. The highest BCUT2D eigenvalue weighted by Crippen LogP contribution is 2.35. The highest BCUT2D eigenvalue weighted by molar-refractivity contribution is 7.79. The van der Waals surface area contributed by atoms with Gasteiger partial charge in [-0.3, -0.25) is 4.79 Å². The molecule has 2 aromatic rings. The standard InChI is InChI=1S/C21H24FN3O.CH4S/c1-3-14(4-2)21(26)25-20(16-6-5-7-17(22)12-16)13-19(24-25)15-8-10-18(23)11-9-15;1-2/h5-12,14,20H,3-4,13,23H2,1-2H3;2H,1H3. The van der Waals surface area contributed by atoms with E-state index in [1.165, 1.54) is 12.1 Å². The average molecular weight is 402 g/mol. The Bertz CT molecular complexity index is 819. The van der Waals surface area contributed by atoms with E-state index in [0.29, 0.717) is 12.1 Å². The van der Waals surface area contributed by atoms with Crippen LogP contribution in [-0.2, 0) is 4.79 Å². The molecule has 0 aliphatic carbocycles. The molecule has 28 heavy (non-hydrogen) atoms. The van der Waals surface area contributed by atoms with Gasteiger partial charge in [-0.1, -0.05) is 38.1 Å². The van der Waals surface area contributed by atoms with Gasteiger partial charge in [-0.25, -0.2) is 9.40 Å². The number of carbonyl (C=O) groups excluding carboxylic acids is 1. The van der Waals surface area contributed by atoms with Crippen molar-refractivity contribution in [3.05, 3.63) is 65.5 Å². The van der Waals surface area contributed by atoms with E-state index in [1.54, 1.807) is 17.3 Å². The van der Waals surface area contributed by atoms with Crippen LogP contribution in [0.25, 0.3) is 0 Å². The molecule has 4 nitrogen and oxygen atoms in total. The van der Waals surface area contributed by atoms with Gasteiger partial charge in [-0.2, -0.15) is 17.7 Å². The zero-order valence-corrected chi connectivity index (χ0v) is 17.5. The van der Waals surface area contributed by atoms with Crippen molar-refractivity contribution >= 4 is 29.9 Å². The Kier molecular flexibility index (Phi) is 8.05. The van der Waals surface area contributed by atoms with Crippen LogP contribution < -0.4 is 5.73 Å². The van der Waals surface area contributed by atoms with Gasteiger partial charge in [-0.05, 0) is 54.5 Å². The highest BCUT2D eigenvalue weighted by Gasteiger charge is 2.35. The third-order valence-corrected chi connectivity index (χ3v) is 4.95. The molecular weight excluding hydrogens is 373 g/mol. The molecule has 2 N–H and O–H groups in total. The molecule has 0 fully saturated rings. The van der Waals surface area contributed by atoms with Crippen LogP contribution >= 0.6 is 12.6 Å². The van der Waals surface area contributed by atoms with Crippen LogP contribution in [0, 0.1) is 11.7 Å². The van der Waals surface area contributed by atoms with Gasteiger partial charge < -0.3 is 5.73 Å². The lowest BCUT2D eigenvalue weighted by atomic mass is 9.96. The summed E-state index contributed by atoms with van der Waals surface area (Å²) in [5.74, 6) is -0.395. The largest absolute Gasteiger partial charge is 0.399 e. The van der Waals surface area contributed by atoms with Crippen molar-refractivity contribution in [3.63, 3.8) is 0 Å². The normalized spacial score (nSPS) is 15.9. The Hall–Kier alpha value is -2.34. The molecule has 150 valence electrons. The molecule has 0 bridgehead atoms. The second-order valence-electron chi connectivity index (χ2n) is 6.64. The molecule has 0 aromatic heterocycles. The maximum Gasteiger partial charge on any atom is 0.246 e. The van der Waals surface area contributed by atoms with E-state index in [9.17, 15) is 9.18 Å². The number of hydrogen-bond donors (Lipinski definition) is 2. The van der Waals surface area contributed by atoms with E-state index >= 15 is 0 Å². The number of nitrogens with zero attached hydrogens (tertiary/aromatic N) is 2. The average Bonchev–Trinajstić information content (AvgIpc) is 3.16. The van der Waals surface area contributed by atoms with Crippen LogP contribution in [-0.4, -0.2) is 22.9 Å². The third kappa shape index (κ3) is 4.93. The van der Waals surface area contributed by atoms with E-state index < -0.39 is 0 Å². The number of amides is 1. The Morgan fingerprint density at radius 1 is 1.21 bits per heavy atom. The van der Waals surface area contributed by atoms with E-state index in [2.05, 4.69) is 17.7 Å². The molecular formula is C22H28FN3OS. The van der Waals surface area contributed by atoms with Gasteiger partial charge in [-0.15, -0.1) is 0 Å². The number of nitrogens with two attached hydrogens (primary N) is 1. The maximum absolute atomic E-state index is 13.7. The first-order chi connectivity index (χ1) is 13.5. The Balaban J connectivity index is 0.00000136. The first-order valence-electron chi connectivity index (χ1n) is 9.50. The molecule has 1 unspecified atom stereocenters. The van der Waals surface area contributed by atoms with Crippen molar-refractivity contribution in [1.82, 2.24) is 5.01 Å². The molecule has 6 heteroatoms. The van der Waals surface area contributed by atoms with Gasteiger partial charge in [0.1, 0.15) is 5.82 Å². The summed E-state index contributed by atoms with van der Waals surface area (Å²) < 4.78 is 13.7. The van der Waals surface area contributed by atoms with E-state index in [0.717, 1.165) is 29.7 Å². The summed E-state index contributed by atoms with van der Waals surface area (Å²) in [6.07, 6.45) is 3.77. The lowest BCUT2D eigenvalue weighted by Gasteiger charge is -2.25. The predicted octanol–water partition coefficient (Wildman–Crippen LogP) is 5.07. The number of hydrazone groups is 1. The van der Waals surface area contributed by atoms with Gasteiger partial charge in [0.25, 0.3) is 0 Å². The van der Waals surface area contributed by atoms with Crippen LogP contribution in [0.1, 0.15) is 50.3 Å². The van der Waals surface area contributed by atoms with Gasteiger partial charge >= 0.3 is 0 Å². The molecule has 0 radical (unpaired) electrons. The minimum Gasteiger partial charge on any atom is -0.399 e. The Labute approximate surface area is 172 Å². The molecule has 0 saturated heterocycles. The van der Waals surface area contributed by atoms with Gasteiger partial charge in [0.2, 0.25) is 5.91 Å². The number of anilines is 1. The molecule has 1 heterocycles. The minimum absolute atomic E-state index is 0.00490. The number of carbonyl (C=O) groups is 1. The van der Waals surface area contributed by atoms with Gasteiger partial charge in [0, 0.05) is 18.0 Å². The quantitative estimate of drug-likeness (QED) is 0.543.